The van der Waals surface area contributed by atoms with Gasteiger partial charge in [0.15, 0.2) is 9.35 Å². The largest absolute Gasteiger partial charge is 0.174 e. The Morgan fingerprint density at radius 1 is 1.23 bits per heavy atom. The van der Waals surface area contributed by atoms with Gasteiger partial charge in [-0.15, -0.1) is 15.3 Å². The lowest BCUT2D eigenvalue weighted by atomic mass is 10.4. The Kier molecular flexibility index (Phi) is 2.56. The van der Waals surface area contributed by atoms with Crippen LogP contribution in [0.1, 0.15) is 5.69 Å². The molecule has 0 atom stereocenters. The summed E-state index contributed by atoms with van der Waals surface area (Å²) < 4.78 is 4.83. The van der Waals surface area contributed by atoms with Crippen molar-refractivity contribution in [2.24, 2.45) is 0 Å². The van der Waals surface area contributed by atoms with Crippen LogP contribution in [0.2, 0.25) is 0 Å². The van der Waals surface area contributed by atoms with Gasteiger partial charge in [-0.3, -0.25) is 0 Å². The van der Waals surface area contributed by atoms with Crippen molar-refractivity contribution in [3.63, 3.8) is 0 Å². The van der Waals surface area contributed by atoms with Gasteiger partial charge >= 0.3 is 0 Å². The summed E-state index contributed by atoms with van der Waals surface area (Å²) in [4.78, 5) is 1.03. The predicted molar refractivity (Wildman–Crippen MR) is 55.3 cm³/mol. The third-order valence-corrected chi connectivity index (χ3v) is 4.31. The normalized spacial score (nSPS) is 10.6. The molecule has 4 nitrogen and oxygen atoms in total. The second-order valence-corrected chi connectivity index (χ2v) is 5.05. The highest BCUT2D eigenvalue weighted by molar-refractivity contribution is 8.00. The fourth-order valence-electron chi connectivity index (χ4n) is 0.812. The first-order chi connectivity index (χ1) is 6.31. The van der Waals surface area contributed by atoms with Crippen molar-refractivity contribution in [3.8, 4) is 9.88 Å². The summed E-state index contributed by atoms with van der Waals surface area (Å²) in [7, 11) is 0. The zero-order valence-electron chi connectivity index (χ0n) is 7.01. The van der Waals surface area contributed by atoms with Crippen LogP contribution in [0.3, 0.4) is 0 Å². The van der Waals surface area contributed by atoms with Crippen LogP contribution in [0.15, 0.2) is 4.34 Å². The van der Waals surface area contributed by atoms with Gasteiger partial charge < -0.3 is 0 Å². The summed E-state index contributed by atoms with van der Waals surface area (Å²) in [5, 5.41) is 12.9. The van der Waals surface area contributed by atoms with Crippen molar-refractivity contribution in [2.75, 3.05) is 6.26 Å². The highest BCUT2D eigenvalue weighted by Crippen LogP contribution is 2.31. The Bertz CT molecular complexity index is 407. The molecular formula is C6H6N4S3. The molecule has 7 heteroatoms. The van der Waals surface area contributed by atoms with Crippen LogP contribution in [-0.2, 0) is 0 Å². The molecule has 0 spiro atoms. The standard InChI is InChI=1S/C6H6N4S3/c1-3-4(13-10-7-3)5-8-9-6(11-2)12-5/h1-2H3. The van der Waals surface area contributed by atoms with Gasteiger partial charge in [-0.1, -0.05) is 27.6 Å². The van der Waals surface area contributed by atoms with Crippen LogP contribution in [0.4, 0.5) is 0 Å². The lowest BCUT2D eigenvalue weighted by Gasteiger charge is -1.85. The molecule has 0 aliphatic rings. The molecule has 0 amide bonds. The van der Waals surface area contributed by atoms with Gasteiger partial charge in [0.25, 0.3) is 0 Å². The van der Waals surface area contributed by atoms with E-state index in [9.17, 15) is 0 Å². The van der Waals surface area contributed by atoms with Gasteiger partial charge in [0.05, 0.1) is 5.69 Å². The quantitative estimate of drug-likeness (QED) is 0.739. The number of hydrogen-bond donors (Lipinski definition) is 0. The van der Waals surface area contributed by atoms with E-state index >= 15 is 0 Å². The highest BCUT2D eigenvalue weighted by Gasteiger charge is 2.11. The van der Waals surface area contributed by atoms with E-state index in [0.29, 0.717) is 0 Å². The van der Waals surface area contributed by atoms with Gasteiger partial charge in [-0.25, -0.2) is 0 Å². The Hall–Kier alpha value is -0.530. The zero-order chi connectivity index (χ0) is 9.26. The topological polar surface area (TPSA) is 51.6 Å². The van der Waals surface area contributed by atoms with Gasteiger partial charge in [0.2, 0.25) is 0 Å². The third kappa shape index (κ3) is 1.72. The molecule has 2 aromatic heterocycles. The van der Waals surface area contributed by atoms with Crippen LogP contribution in [-0.4, -0.2) is 26.0 Å². The molecule has 2 heterocycles. The summed E-state index contributed by atoms with van der Waals surface area (Å²) >= 11 is 4.54. The minimum absolute atomic E-state index is 0.914. The molecule has 0 aromatic carbocycles. The smallest absolute Gasteiger partial charge is 0.143 e. The molecule has 2 rings (SSSR count). The van der Waals surface area contributed by atoms with Crippen molar-refractivity contribution >= 4 is 34.6 Å². The predicted octanol–water partition coefficient (Wildman–Crippen LogP) is 2.09. The van der Waals surface area contributed by atoms with E-state index < -0.39 is 0 Å². The van der Waals surface area contributed by atoms with Crippen LogP contribution in [0.25, 0.3) is 9.88 Å². The molecule has 13 heavy (non-hydrogen) atoms. The molecule has 0 bridgehead atoms. The van der Waals surface area contributed by atoms with E-state index in [1.54, 1.807) is 23.1 Å². The first-order valence-corrected chi connectivity index (χ1v) is 6.29. The van der Waals surface area contributed by atoms with E-state index in [1.165, 1.54) is 11.5 Å². The van der Waals surface area contributed by atoms with Gasteiger partial charge in [-0.2, -0.15) is 0 Å². The zero-order valence-corrected chi connectivity index (χ0v) is 9.46. The maximum Gasteiger partial charge on any atom is 0.174 e. The lowest BCUT2D eigenvalue weighted by Crippen LogP contribution is -1.76. The molecule has 0 saturated heterocycles. The third-order valence-electron chi connectivity index (χ3n) is 1.43. The van der Waals surface area contributed by atoms with Crippen LogP contribution in [0, 0.1) is 6.92 Å². The maximum absolute atomic E-state index is 4.07. The van der Waals surface area contributed by atoms with Crippen LogP contribution in [0.5, 0.6) is 0 Å². The van der Waals surface area contributed by atoms with Crippen molar-refractivity contribution in [1.29, 1.82) is 0 Å². The number of rotatable bonds is 2. The Labute approximate surface area is 87.6 Å². The molecule has 0 aliphatic heterocycles. The number of hydrogen-bond acceptors (Lipinski definition) is 7. The minimum Gasteiger partial charge on any atom is -0.143 e. The molecule has 0 aliphatic carbocycles. The van der Waals surface area contributed by atoms with Gasteiger partial charge in [0, 0.05) is 0 Å². The fraction of sp³-hybridized carbons (Fsp3) is 0.333. The average molecular weight is 230 g/mol. The summed E-state index contributed by atoms with van der Waals surface area (Å²) in [6, 6.07) is 0. The maximum atomic E-state index is 4.07. The number of aromatic nitrogens is 4. The van der Waals surface area contributed by atoms with Crippen molar-refractivity contribution in [1.82, 2.24) is 19.8 Å². The van der Waals surface area contributed by atoms with Crippen molar-refractivity contribution < 1.29 is 0 Å². The Balaban J connectivity index is 2.41. The van der Waals surface area contributed by atoms with E-state index in [2.05, 4.69) is 19.8 Å². The van der Waals surface area contributed by atoms with E-state index in [0.717, 1.165) is 19.9 Å². The van der Waals surface area contributed by atoms with E-state index in [-0.39, 0.29) is 0 Å². The molecular weight excluding hydrogens is 224 g/mol. The number of thioether (sulfide) groups is 1. The molecule has 0 radical (unpaired) electrons. The second-order valence-electron chi connectivity index (χ2n) is 2.26. The highest BCUT2D eigenvalue weighted by atomic mass is 32.2. The molecule has 0 fully saturated rings. The average Bonchev–Trinajstić information content (AvgIpc) is 2.71. The van der Waals surface area contributed by atoms with Gasteiger partial charge in [-0.05, 0) is 24.7 Å². The number of nitrogens with zero attached hydrogens (tertiary/aromatic N) is 4. The van der Waals surface area contributed by atoms with Gasteiger partial charge in [0.1, 0.15) is 4.88 Å². The lowest BCUT2D eigenvalue weighted by molar-refractivity contribution is 1.01. The second kappa shape index (κ2) is 3.69. The molecule has 2 aromatic rings. The Morgan fingerprint density at radius 2 is 2.08 bits per heavy atom. The van der Waals surface area contributed by atoms with Crippen molar-refractivity contribution in [3.05, 3.63) is 5.69 Å². The van der Waals surface area contributed by atoms with Crippen LogP contribution >= 0.6 is 34.6 Å². The SMILES string of the molecule is CSc1nnc(-c2snnc2C)s1. The fourth-order valence-corrected chi connectivity index (χ4v) is 2.85. The Morgan fingerprint density at radius 3 is 2.62 bits per heavy atom. The van der Waals surface area contributed by atoms with E-state index in [1.807, 2.05) is 13.2 Å². The van der Waals surface area contributed by atoms with Crippen LogP contribution < -0.4 is 0 Å². The first kappa shape index (κ1) is 9.04. The van der Waals surface area contributed by atoms with E-state index in [4.69, 9.17) is 0 Å². The summed E-state index contributed by atoms with van der Waals surface area (Å²) in [5.74, 6) is 0. The molecule has 68 valence electrons. The van der Waals surface area contributed by atoms with Crippen molar-refractivity contribution in [2.45, 2.75) is 11.3 Å². The molecule has 0 unspecified atom stereocenters. The summed E-state index contributed by atoms with van der Waals surface area (Å²) in [6.45, 7) is 1.93. The monoisotopic (exact) mass is 230 g/mol. The summed E-state index contributed by atoms with van der Waals surface area (Å²) in [6.07, 6.45) is 1.99. The minimum atomic E-state index is 0.914. The summed E-state index contributed by atoms with van der Waals surface area (Å²) in [5.41, 5.74) is 0.925. The first-order valence-electron chi connectivity index (χ1n) is 3.48. The number of aryl methyl sites for hydroxylation is 1. The molecule has 0 saturated carbocycles. The molecule has 0 N–H and O–H groups in total.